The Bertz CT molecular complexity index is 323. The van der Waals surface area contributed by atoms with E-state index in [0.29, 0.717) is 12.4 Å². The zero-order chi connectivity index (χ0) is 8.97. The van der Waals surface area contributed by atoms with Crippen LogP contribution in [0.1, 0.15) is 6.92 Å². The molecule has 66 valence electrons. The minimum Gasteiger partial charge on any atom is -0.493 e. The lowest BCUT2D eigenvalue weighted by Crippen LogP contribution is -1.94. The molecular weight excluding hydrogens is 176 g/mol. The van der Waals surface area contributed by atoms with Crippen molar-refractivity contribution in [3.8, 4) is 5.75 Å². The highest BCUT2D eigenvalue weighted by Crippen LogP contribution is 2.18. The number of benzene rings is 1. The highest BCUT2D eigenvalue weighted by Gasteiger charge is 2.02. The van der Waals surface area contributed by atoms with Gasteiger partial charge in [-0.05, 0) is 19.1 Å². The van der Waals surface area contributed by atoms with Crippen LogP contribution in [-0.4, -0.2) is 15.0 Å². The summed E-state index contributed by atoms with van der Waals surface area (Å²) in [6.07, 6.45) is 0. The molecule has 0 amide bonds. The van der Waals surface area contributed by atoms with Gasteiger partial charge in [-0.1, -0.05) is 12.1 Å². The molecule has 0 atom stereocenters. The number of hydrogen-bond acceptors (Lipinski definition) is 3. The molecule has 3 nitrogen and oxygen atoms in total. The van der Waals surface area contributed by atoms with E-state index in [2.05, 4.69) is 0 Å². The third-order valence-electron chi connectivity index (χ3n) is 1.36. The number of ether oxygens (including phenoxy) is 1. The Morgan fingerprint density at radius 2 is 2.00 bits per heavy atom. The van der Waals surface area contributed by atoms with Gasteiger partial charge in [-0.25, -0.2) is 8.42 Å². The Hall–Kier alpha value is -1.03. The van der Waals surface area contributed by atoms with E-state index in [1.54, 1.807) is 18.2 Å². The fraction of sp³-hybridized carbons (Fsp3) is 0.250. The van der Waals surface area contributed by atoms with Gasteiger partial charge in [0.15, 0.2) is 10.7 Å². The molecule has 0 aromatic heterocycles. The summed E-state index contributed by atoms with van der Waals surface area (Å²) in [6, 6.07) is 6.58. The van der Waals surface area contributed by atoms with Crippen LogP contribution in [0.5, 0.6) is 5.75 Å². The van der Waals surface area contributed by atoms with Gasteiger partial charge in [-0.3, -0.25) is 0 Å². The van der Waals surface area contributed by atoms with Gasteiger partial charge in [0.1, 0.15) is 10.6 Å². The molecule has 0 heterocycles. The highest BCUT2D eigenvalue weighted by atomic mass is 32.2. The number of rotatable bonds is 3. The lowest BCUT2D eigenvalue weighted by Gasteiger charge is -2.03. The van der Waals surface area contributed by atoms with E-state index in [4.69, 9.17) is 4.74 Å². The fourth-order valence-electron chi connectivity index (χ4n) is 0.886. The first kappa shape index (κ1) is 9.06. The van der Waals surface area contributed by atoms with Gasteiger partial charge >= 0.3 is 0 Å². The van der Waals surface area contributed by atoms with Crippen molar-refractivity contribution in [1.82, 2.24) is 0 Å². The molecule has 0 spiro atoms. The molecule has 1 rings (SSSR count). The van der Waals surface area contributed by atoms with E-state index < -0.39 is 10.7 Å². The normalized spacial score (nSPS) is 10.2. The largest absolute Gasteiger partial charge is 0.493 e. The van der Waals surface area contributed by atoms with Gasteiger partial charge in [0, 0.05) is 0 Å². The van der Waals surface area contributed by atoms with Gasteiger partial charge in [0.25, 0.3) is 0 Å². The summed E-state index contributed by atoms with van der Waals surface area (Å²) >= 11 is 0. The summed E-state index contributed by atoms with van der Waals surface area (Å²) in [5.74, 6) is 0.427. The van der Waals surface area contributed by atoms with E-state index >= 15 is 0 Å². The van der Waals surface area contributed by atoms with Crippen LogP contribution in [0.4, 0.5) is 0 Å². The number of para-hydroxylation sites is 1. The van der Waals surface area contributed by atoms with Crippen molar-refractivity contribution in [2.75, 3.05) is 6.61 Å². The molecule has 0 N–H and O–H groups in total. The van der Waals surface area contributed by atoms with E-state index in [1.165, 1.54) is 6.07 Å². The van der Waals surface area contributed by atoms with Crippen LogP contribution in [0.2, 0.25) is 0 Å². The average Bonchev–Trinajstić information content (AvgIpc) is 2.05. The molecule has 1 aromatic carbocycles. The minimum atomic E-state index is -2.55. The molecule has 12 heavy (non-hydrogen) atoms. The third-order valence-corrected chi connectivity index (χ3v) is 2.12. The van der Waals surface area contributed by atoms with Gasteiger partial charge in [-0.15, -0.1) is 0 Å². The number of thiol groups is 1. The quantitative estimate of drug-likeness (QED) is 0.718. The molecule has 0 unspecified atom stereocenters. The summed E-state index contributed by atoms with van der Waals surface area (Å²) in [4.78, 5) is 0.245. The van der Waals surface area contributed by atoms with E-state index in [0.717, 1.165) is 0 Å². The molecule has 0 radical (unpaired) electrons. The molecule has 0 aliphatic carbocycles. The van der Waals surface area contributed by atoms with Gasteiger partial charge < -0.3 is 4.74 Å². The first-order valence-corrected chi connectivity index (χ1v) is 4.79. The van der Waals surface area contributed by atoms with Crippen LogP contribution >= 0.6 is 0 Å². The monoisotopic (exact) mass is 186 g/mol. The molecule has 0 bridgehead atoms. The second-order valence-electron chi connectivity index (χ2n) is 2.16. The van der Waals surface area contributed by atoms with Gasteiger partial charge in [-0.2, -0.15) is 0 Å². The third kappa shape index (κ3) is 1.98. The maximum Gasteiger partial charge on any atom is 0.171 e. The predicted molar refractivity (Wildman–Crippen MR) is 46.2 cm³/mol. The van der Waals surface area contributed by atoms with Crippen molar-refractivity contribution < 1.29 is 13.2 Å². The molecule has 0 saturated heterocycles. The van der Waals surface area contributed by atoms with Crippen LogP contribution in [0, 0.1) is 0 Å². The van der Waals surface area contributed by atoms with Crippen LogP contribution in [-0.2, 0) is 10.7 Å². The molecule has 0 saturated carbocycles. The van der Waals surface area contributed by atoms with Crippen molar-refractivity contribution in [3.05, 3.63) is 24.3 Å². The lowest BCUT2D eigenvalue weighted by atomic mass is 10.3. The molecular formula is C8H10O3S. The Morgan fingerprint density at radius 3 is 2.58 bits per heavy atom. The van der Waals surface area contributed by atoms with E-state index in [1.807, 2.05) is 6.92 Å². The Balaban J connectivity index is 3.08. The van der Waals surface area contributed by atoms with Crippen LogP contribution < -0.4 is 4.74 Å². The zero-order valence-electron chi connectivity index (χ0n) is 6.69. The van der Waals surface area contributed by atoms with E-state index in [9.17, 15) is 8.42 Å². The summed E-state index contributed by atoms with van der Waals surface area (Å²) in [6.45, 7) is 2.29. The van der Waals surface area contributed by atoms with Crippen LogP contribution in [0.25, 0.3) is 0 Å². The average molecular weight is 186 g/mol. The maximum absolute atomic E-state index is 10.7. The molecule has 0 fully saturated rings. The van der Waals surface area contributed by atoms with Crippen molar-refractivity contribution in [3.63, 3.8) is 0 Å². The number of hydrogen-bond donors (Lipinski definition) is 1. The van der Waals surface area contributed by atoms with Crippen molar-refractivity contribution >= 4 is 10.7 Å². The second kappa shape index (κ2) is 4.11. The van der Waals surface area contributed by atoms with E-state index in [-0.39, 0.29) is 4.90 Å². The first-order chi connectivity index (χ1) is 5.75. The van der Waals surface area contributed by atoms with Gasteiger partial charge in [0.2, 0.25) is 0 Å². The van der Waals surface area contributed by atoms with Crippen LogP contribution in [0.3, 0.4) is 0 Å². The SMILES string of the molecule is CCOc1ccccc1[SH](=O)=O. The summed E-state index contributed by atoms with van der Waals surface area (Å²) in [5.41, 5.74) is 0. The first-order valence-electron chi connectivity index (χ1n) is 3.62. The summed E-state index contributed by atoms with van der Waals surface area (Å²) in [7, 11) is -2.55. The van der Waals surface area contributed by atoms with Gasteiger partial charge in [0.05, 0.1) is 6.61 Å². The highest BCUT2D eigenvalue weighted by molar-refractivity contribution is 7.72. The van der Waals surface area contributed by atoms with Crippen molar-refractivity contribution in [2.24, 2.45) is 0 Å². The summed E-state index contributed by atoms with van der Waals surface area (Å²) < 4.78 is 26.4. The Morgan fingerprint density at radius 1 is 1.33 bits per heavy atom. The summed E-state index contributed by atoms with van der Waals surface area (Å²) in [5, 5.41) is 0. The fourth-order valence-corrected chi connectivity index (χ4v) is 1.41. The van der Waals surface area contributed by atoms with Crippen molar-refractivity contribution in [2.45, 2.75) is 11.8 Å². The topological polar surface area (TPSA) is 43.4 Å². The molecule has 0 aliphatic rings. The maximum atomic E-state index is 10.7. The molecule has 0 aliphatic heterocycles. The predicted octanol–water partition coefficient (Wildman–Crippen LogP) is 1.06. The van der Waals surface area contributed by atoms with Crippen molar-refractivity contribution in [1.29, 1.82) is 0 Å². The zero-order valence-corrected chi connectivity index (χ0v) is 7.58. The smallest absolute Gasteiger partial charge is 0.171 e. The minimum absolute atomic E-state index is 0.245. The second-order valence-corrected chi connectivity index (χ2v) is 3.15. The Labute approximate surface area is 72.9 Å². The molecule has 4 heteroatoms. The Kier molecular flexibility index (Phi) is 3.10. The standard InChI is InChI=1S/C8H10O3S/c1-2-11-7-5-3-4-6-8(7)12(9)10/h3-6,12H,2H2,1H3. The lowest BCUT2D eigenvalue weighted by molar-refractivity contribution is 0.331. The molecule has 1 aromatic rings. The van der Waals surface area contributed by atoms with Crippen LogP contribution in [0.15, 0.2) is 29.2 Å².